The first-order valence-electron chi connectivity index (χ1n) is 3.52. The summed E-state index contributed by atoms with van der Waals surface area (Å²) in [4.78, 5) is 5.04. The van der Waals surface area contributed by atoms with Gasteiger partial charge in [-0.25, -0.2) is 4.98 Å². The molecule has 68 valence electrons. The number of halogens is 1. The Morgan fingerprint density at radius 2 is 2.38 bits per heavy atom. The topological polar surface area (TPSA) is 64.9 Å². The van der Waals surface area contributed by atoms with Gasteiger partial charge in [-0.3, -0.25) is 0 Å². The van der Waals surface area contributed by atoms with Crippen molar-refractivity contribution in [3.05, 3.63) is 15.7 Å². The average Bonchev–Trinajstić information content (AvgIpc) is 2.62. The van der Waals surface area contributed by atoms with Gasteiger partial charge in [-0.15, -0.1) is 11.3 Å². The van der Waals surface area contributed by atoms with Crippen molar-refractivity contribution >= 4 is 33.1 Å². The number of nitrogens with two attached hydrogens (primary N) is 1. The maximum atomic E-state index is 5.52. The SMILES string of the molecule is Cc1ncc(-c2onc(N)c2Br)s1. The quantitative estimate of drug-likeness (QED) is 0.855. The van der Waals surface area contributed by atoms with Gasteiger partial charge in [0.1, 0.15) is 4.47 Å². The maximum Gasteiger partial charge on any atom is 0.194 e. The second-order valence-electron chi connectivity index (χ2n) is 2.45. The van der Waals surface area contributed by atoms with Gasteiger partial charge in [0.25, 0.3) is 0 Å². The lowest BCUT2D eigenvalue weighted by atomic mass is 10.4. The third kappa shape index (κ3) is 1.47. The number of hydrogen-bond donors (Lipinski definition) is 1. The first kappa shape index (κ1) is 8.71. The third-order valence-corrected chi connectivity index (χ3v) is 3.18. The molecule has 2 rings (SSSR count). The normalized spacial score (nSPS) is 10.6. The highest BCUT2D eigenvalue weighted by molar-refractivity contribution is 9.10. The van der Waals surface area contributed by atoms with Crippen LogP contribution in [-0.2, 0) is 0 Å². The van der Waals surface area contributed by atoms with Crippen LogP contribution in [0.2, 0.25) is 0 Å². The van der Waals surface area contributed by atoms with E-state index < -0.39 is 0 Å². The van der Waals surface area contributed by atoms with Crippen LogP contribution >= 0.6 is 27.3 Å². The lowest BCUT2D eigenvalue weighted by Gasteiger charge is -1.87. The molecule has 0 bridgehead atoms. The summed E-state index contributed by atoms with van der Waals surface area (Å²) in [6, 6.07) is 0. The smallest absolute Gasteiger partial charge is 0.194 e. The van der Waals surface area contributed by atoms with Gasteiger partial charge in [-0.1, -0.05) is 5.16 Å². The summed E-state index contributed by atoms with van der Waals surface area (Å²) in [5, 5.41) is 4.62. The number of aromatic nitrogens is 2. The second kappa shape index (κ2) is 3.12. The van der Waals surface area contributed by atoms with Crippen LogP contribution in [0.3, 0.4) is 0 Å². The monoisotopic (exact) mass is 259 g/mol. The first-order valence-corrected chi connectivity index (χ1v) is 5.13. The molecule has 0 amide bonds. The highest BCUT2D eigenvalue weighted by Crippen LogP contribution is 2.35. The summed E-state index contributed by atoms with van der Waals surface area (Å²) in [5.41, 5.74) is 5.52. The summed E-state index contributed by atoms with van der Waals surface area (Å²) in [6.45, 7) is 1.93. The van der Waals surface area contributed by atoms with Crippen LogP contribution in [0.25, 0.3) is 10.6 Å². The Labute approximate surface area is 86.9 Å². The maximum absolute atomic E-state index is 5.52. The minimum absolute atomic E-state index is 0.362. The van der Waals surface area contributed by atoms with E-state index in [1.165, 1.54) is 11.3 Å². The Balaban J connectivity index is 2.52. The molecule has 0 radical (unpaired) electrons. The molecule has 6 heteroatoms. The Hall–Kier alpha value is -0.880. The van der Waals surface area contributed by atoms with E-state index >= 15 is 0 Å². The standard InChI is InChI=1S/C7H6BrN3OS/c1-3-10-2-4(13-3)6-5(8)7(9)11-12-6/h2H,1H3,(H2,9,11). The minimum Gasteiger partial charge on any atom is -0.380 e. The molecule has 0 aliphatic rings. The highest BCUT2D eigenvalue weighted by Gasteiger charge is 2.14. The largest absolute Gasteiger partial charge is 0.380 e. The number of rotatable bonds is 1. The van der Waals surface area contributed by atoms with Gasteiger partial charge in [-0.05, 0) is 22.9 Å². The average molecular weight is 260 g/mol. The summed E-state index contributed by atoms with van der Waals surface area (Å²) in [6.07, 6.45) is 1.74. The van der Waals surface area contributed by atoms with Crippen molar-refractivity contribution < 1.29 is 4.52 Å². The molecule has 0 atom stereocenters. The van der Waals surface area contributed by atoms with Crippen molar-refractivity contribution in [2.75, 3.05) is 5.73 Å². The molecule has 0 aromatic carbocycles. The van der Waals surface area contributed by atoms with Crippen molar-refractivity contribution in [1.29, 1.82) is 0 Å². The van der Waals surface area contributed by atoms with Crippen LogP contribution in [0.1, 0.15) is 5.01 Å². The van der Waals surface area contributed by atoms with Gasteiger partial charge in [0.15, 0.2) is 11.6 Å². The highest BCUT2D eigenvalue weighted by atomic mass is 79.9. The second-order valence-corrected chi connectivity index (χ2v) is 4.48. The number of thiazole rings is 1. The van der Waals surface area contributed by atoms with Crippen LogP contribution in [0.5, 0.6) is 0 Å². The number of hydrogen-bond acceptors (Lipinski definition) is 5. The Kier molecular flexibility index (Phi) is 2.09. The van der Waals surface area contributed by atoms with Crippen molar-refractivity contribution in [3.63, 3.8) is 0 Å². The molecule has 0 aliphatic heterocycles. The lowest BCUT2D eigenvalue weighted by Crippen LogP contribution is -1.82. The molecular formula is C7H6BrN3OS. The molecule has 0 saturated carbocycles. The summed E-state index contributed by atoms with van der Waals surface area (Å²) < 4.78 is 5.73. The molecule has 0 fully saturated rings. The zero-order chi connectivity index (χ0) is 9.42. The fraction of sp³-hybridized carbons (Fsp3) is 0.143. The summed E-state index contributed by atoms with van der Waals surface area (Å²) in [7, 11) is 0. The fourth-order valence-corrected chi connectivity index (χ4v) is 2.16. The van der Waals surface area contributed by atoms with E-state index in [-0.39, 0.29) is 0 Å². The summed E-state index contributed by atoms with van der Waals surface area (Å²) in [5.74, 6) is 1.00. The Bertz CT molecular complexity index is 437. The van der Waals surface area contributed by atoms with Crippen molar-refractivity contribution in [3.8, 4) is 10.6 Å². The van der Waals surface area contributed by atoms with E-state index in [2.05, 4.69) is 26.1 Å². The van der Waals surface area contributed by atoms with Crippen molar-refractivity contribution in [2.24, 2.45) is 0 Å². The molecule has 0 saturated heterocycles. The molecule has 0 spiro atoms. The molecule has 4 nitrogen and oxygen atoms in total. The van der Waals surface area contributed by atoms with E-state index in [9.17, 15) is 0 Å². The van der Waals surface area contributed by atoms with Gasteiger partial charge >= 0.3 is 0 Å². The van der Waals surface area contributed by atoms with Crippen molar-refractivity contribution in [1.82, 2.24) is 10.1 Å². The predicted octanol–water partition coefficient (Wildman–Crippen LogP) is 2.45. The number of nitrogens with zero attached hydrogens (tertiary/aromatic N) is 2. The van der Waals surface area contributed by atoms with Gasteiger partial charge in [0.2, 0.25) is 0 Å². The van der Waals surface area contributed by atoms with E-state index in [4.69, 9.17) is 10.3 Å². The van der Waals surface area contributed by atoms with Gasteiger partial charge < -0.3 is 10.3 Å². The molecule has 0 aliphatic carbocycles. The van der Waals surface area contributed by atoms with Gasteiger partial charge in [0.05, 0.1) is 9.88 Å². The molecule has 2 aromatic heterocycles. The van der Waals surface area contributed by atoms with E-state index in [1.54, 1.807) is 6.20 Å². The number of anilines is 1. The van der Waals surface area contributed by atoms with Gasteiger partial charge in [0, 0.05) is 6.20 Å². The van der Waals surface area contributed by atoms with E-state index in [1.807, 2.05) is 6.92 Å². The van der Waals surface area contributed by atoms with Crippen LogP contribution in [0.4, 0.5) is 5.82 Å². The van der Waals surface area contributed by atoms with E-state index in [0.717, 1.165) is 9.88 Å². The Morgan fingerprint density at radius 3 is 2.85 bits per heavy atom. The van der Waals surface area contributed by atoms with Crippen LogP contribution in [-0.4, -0.2) is 10.1 Å². The van der Waals surface area contributed by atoms with Gasteiger partial charge in [-0.2, -0.15) is 0 Å². The first-order chi connectivity index (χ1) is 6.18. The van der Waals surface area contributed by atoms with Crippen LogP contribution < -0.4 is 5.73 Å². The zero-order valence-corrected chi connectivity index (χ0v) is 9.15. The molecule has 2 aromatic rings. The molecular weight excluding hydrogens is 254 g/mol. The number of aryl methyl sites for hydroxylation is 1. The van der Waals surface area contributed by atoms with Crippen LogP contribution in [0.15, 0.2) is 15.2 Å². The molecule has 0 unspecified atom stereocenters. The summed E-state index contributed by atoms with van der Waals surface area (Å²) >= 11 is 4.83. The molecule has 2 heterocycles. The Morgan fingerprint density at radius 1 is 1.62 bits per heavy atom. The molecule has 13 heavy (non-hydrogen) atoms. The van der Waals surface area contributed by atoms with Crippen LogP contribution in [0, 0.1) is 6.92 Å². The zero-order valence-electron chi connectivity index (χ0n) is 6.74. The minimum atomic E-state index is 0.362. The molecule has 2 N–H and O–H groups in total. The number of nitrogen functional groups attached to an aromatic ring is 1. The lowest BCUT2D eigenvalue weighted by molar-refractivity contribution is 0.436. The van der Waals surface area contributed by atoms with E-state index in [0.29, 0.717) is 16.1 Å². The van der Waals surface area contributed by atoms with Crippen molar-refractivity contribution in [2.45, 2.75) is 6.92 Å². The predicted molar refractivity (Wildman–Crippen MR) is 54.5 cm³/mol. The fourth-order valence-electron chi connectivity index (χ4n) is 0.911. The third-order valence-electron chi connectivity index (χ3n) is 1.50.